The fourth-order valence-electron chi connectivity index (χ4n) is 3.08. The van der Waals surface area contributed by atoms with E-state index in [1.54, 1.807) is 24.3 Å². The summed E-state index contributed by atoms with van der Waals surface area (Å²) in [5.74, 6) is 1.96. The highest BCUT2D eigenvalue weighted by Gasteiger charge is 2.38. The van der Waals surface area contributed by atoms with E-state index in [4.69, 9.17) is 0 Å². The molecule has 0 saturated carbocycles. The number of unbranched alkanes of at least 4 members (excludes halogenated alkanes) is 4. The van der Waals surface area contributed by atoms with Crippen molar-refractivity contribution in [3.8, 4) is 0 Å². The van der Waals surface area contributed by atoms with E-state index in [0.29, 0.717) is 12.2 Å². The predicted molar refractivity (Wildman–Crippen MR) is 122 cm³/mol. The fourth-order valence-corrected chi connectivity index (χ4v) is 9.26. The zero-order chi connectivity index (χ0) is 21.0. The number of carbonyl (C=O) groups is 1. The van der Waals surface area contributed by atoms with E-state index in [1.165, 1.54) is 0 Å². The Kier molecular flexibility index (Phi) is 11.4. The van der Waals surface area contributed by atoms with Crippen molar-refractivity contribution in [1.82, 2.24) is 0 Å². The van der Waals surface area contributed by atoms with Crippen molar-refractivity contribution < 1.29 is 16.8 Å². The zero-order valence-corrected chi connectivity index (χ0v) is 19.7. The smallest absolute Gasteiger partial charge is 0.299 e. The Morgan fingerprint density at radius 3 is 1.89 bits per heavy atom. The van der Waals surface area contributed by atoms with Gasteiger partial charge in [0, 0.05) is 17.9 Å². The third-order valence-corrected chi connectivity index (χ3v) is 10.7. The molecule has 0 fully saturated rings. The molecule has 1 N–H and O–H groups in total. The van der Waals surface area contributed by atoms with Crippen LogP contribution in [0.3, 0.4) is 0 Å². The minimum atomic E-state index is -3.76. The normalized spacial score (nSPS) is 12.9. The lowest BCUT2D eigenvalue weighted by molar-refractivity contribution is -0.116. The molecule has 0 atom stereocenters. The van der Waals surface area contributed by atoms with Crippen molar-refractivity contribution in [1.29, 1.82) is 0 Å². The van der Waals surface area contributed by atoms with Gasteiger partial charge in [-0.1, -0.05) is 64.2 Å². The summed E-state index contributed by atoms with van der Waals surface area (Å²) in [6, 6.07) is 6.85. The summed E-state index contributed by atoms with van der Waals surface area (Å²) in [7, 11) is -5.64. The van der Waals surface area contributed by atoms with Crippen molar-refractivity contribution in [2.75, 3.05) is 17.3 Å². The molecule has 0 amide bonds. The average molecular weight is 432 g/mol. The number of rotatable bonds is 15. The maximum Gasteiger partial charge on any atom is 0.421 e. The first kappa shape index (κ1) is 25.2. The molecular weight excluding hydrogens is 392 g/mol. The maximum absolute atomic E-state index is 13.1. The van der Waals surface area contributed by atoms with Crippen molar-refractivity contribution >= 4 is 26.2 Å². The van der Waals surface area contributed by atoms with Gasteiger partial charge in [0.2, 0.25) is 0 Å². The molecule has 0 saturated heterocycles. The van der Waals surface area contributed by atoms with Crippen LogP contribution in [0.25, 0.3) is 0 Å². The molecule has 0 spiro atoms. The molecule has 0 aliphatic rings. The van der Waals surface area contributed by atoms with E-state index >= 15 is 0 Å². The first-order chi connectivity index (χ1) is 13.3. The average Bonchev–Trinajstić information content (AvgIpc) is 2.65. The Bertz CT molecular complexity index is 673. The van der Waals surface area contributed by atoms with Gasteiger partial charge in [0.1, 0.15) is 10.7 Å². The molecule has 1 aromatic carbocycles. The van der Waals surface area contributed by atoms with Gasteiger partial charge < -0.3 is 0 Å². The molecule has 6 heteroatoms. The van der Waals surface area contributed by atoms with Crippen LogP contribution >= 0.6 is 10.3 Å². The molecule has 0 bridgehead atoms. The van der Waals surface area contributed by atoms with Crippen LogP contribution in [0.2, 0.25) is 0 Å². The van der Waals surface area contributed by atoms with Gasteiger partial charge in [-0.05, 0) is 48.6 Å². The van der Waals surface area contributed by atoms with Gasteiger partial charge in [-0.3, -0.25) is 8.42 Å². The molecule has 0 aliphatic heterocycles. The second-order valence-corrected chi connectivity index (χ2v) is 12.7. The summed E-state index contributed by atoms with van der Waals surface area (Å²) in [5.41, 5.74) is 1.01. The number of hydrogen-bond acceptors (Lipinski definition) is 3. The summed E-state index contributed by atoms with van der Waals surface area (Å²) in [4.78, 5) is 12.9. The van der Waals surface area contributed by atoms with E-state index in [-0.39, 0.29) is 10.7 Å². The summed E-state index contributed by atoms with van der Waals surface area (Å²) >= 11 is 0. The summed E-state index contributed by atoms with van der Waals surface area (Å²) in [6.07, 6.45) is 7.32. The second-order valence-electron chi connectivity index (χ2n) is 7.62. The Morgan fingerprint density at radius 1 is 0.857 bits per heavy atom. The van der Waals surface area contributed by atoms with Gasteiger partial charge in [0.15, 0.2) is 0 Å². The first-order valence-corrected chi connectivity index (χ1v) is 14.2. The van der Waals surface area contributed by atoms with Gasteiger partial charge in [-0.15, -0.1) is 8.42 Å². The number of Topliss-reactive ketones (excluding diaryl/α,β-unsaturated/α-hetero) is 1. The van der Waals surface area contributed by atoms with E-state index in [0.717, 1.165) is 62.0 Å². The second kappa shape index (κ2) is 12.7. The zero-order valence-electron chi connectivity index (χ0n) is 18.1. The molecule has 0 unspecified atom stereocenters. The van der Waals surface area contributed by atoms with Gasteiger partial charge in [0.25, 0.3) is 0 Å². The lowest BCUT2D eigenvalue weighted by Crippen LogP contribution is -2.28. The van der Waals surface area contributed by atoms with Crippen LogP contribution in [-0.4, -0.2) is 35.1 Å². The summed E-state index contributed by atoms with van der Waals surface area (Å²) in [6.45, 7) is 8.25. The van der Waals surface area contributed by atoms with Crippen LogP contribution in [0.1, 0.15) is 77.7 Å². The Hall–Kier alpha value is -0.850. The molecule has 28 heavy (non-hydrogen) atoms. The Morgan fingerprint density at radius 2 is 1.39 bits per heavy atom. The largest absolute Gasteiger partial charge is 0.421 e. The van der Waals surface area contributed by atoms with Gasteiger partial charge in [0.05, 0.1) is 5.75 Å². The number of hydrogen-bond donors (Lipinski definition) is 0. The quantitative estimate of drug-likeness (QED) is 0.187. The molecule has 0 aliphatic carbocycles. The molecule has 1 rings (SSSR count). The van der Waals surface area contributed by atoms with Gasteiger partial charge in [-0.2, -0.15) is 0 Å². The number of benzene rings is 1. The van der Waals surface area contributed by atoms with Crippen molar-refractivity contribution in [2.45, 2.75) is 84.0 Å². The molecule has 162 valence electrons. The topological polar surface area (TPSA) is 64.0 Å². The van der Waals surface area contributed by atoms with Crippen molar-refractivity contribution in [3.05, 3.63) is 29.8 Å². The molecule has 1 aromatic rings. The Balaban J connectivity index is 3.10. The number of ketones is 1. The summed E-state index contributed by atoms with van der Waals surface area (Å²) < 4.78 is 30.7. The van der Waals surface area contributed by atoms with E-state index in [1.807, 2.05) is 6.92 Å². The third-order valence-electron chi connectivity index (χ3n) is 4.82. The monoisotopic (exact) mass is 431 g/mol. The van der Waals surface area contributed by atoms with Crippen LogP contribution in [-0.2, 0) is 14.9 Å². The number of aryl methyl sites for hydroxylation is 1. The highest BCUT2D eigenvalue weighted by molar-refractivity contribution is 8.32. The molecular formula is C22H39O4S2+. The third kappa shape index (κ3) is 8.66. The minimum absolute atomic E-state index is 0.179. The molecule has 4 nitrogen and oxygen atoms in total. The van der Waals surface area contributed by atoms with Crippen LogP contribution < -0.4 is 0 Å². The minimum Gasteiger partial charge on any atom is -0.299 e. The van der Waals surface area contributed by atoms with Gasteiger partial charge >= 0.3 is 10.1 Å². The van der Waals surface area contributed by atoms with Crippen molar-refractivity contribution in [2.24, 2.45) is 0 Å². The van der Waals surface area contributed by atoms with Crippen molar-refractivity contribution in [3.63, 3.8) is 0 Å². The highest BCUT2D eigenvalue weighted by Crippen LogP contribution is 2.51. The first-order valence-electron chi connectivity index (χ1n) is 10.6. The van der Waals surface area contributed by atoms with E-state index in [2.05, 4.69) is 24.4 Å². The standard InChI is InChI=1S/C22H38O4S2/c1-5-8-11-12-21(23)19-27(17-9-6-2,18-10-7-3)26-28(24,25)22-15-13-20(4)14-16-22/h13-16H,5-12,17-19H2,1-4H3/p+1. The SMILES string of the molecule is CCCCCC(=O)CS(CCCC)(CCCC)[OH+]S(=O)(=O)c1ccc(C)cc1. The van der Waals surface area contributed by atoms with Crippen LogP contribution in [0.4, 0.5) is 0 Å². The summed E-state index contributed by atoms with van der Waals surface area (Å²) in [5, 5.41) is 0. The molecule has 0 radical (unpaired) electrons. The van der Waals surface area contributed by atoms with E-state index < -0.39 is 20.4 Å². The fraction of sp³-hybridized carbons (Fsp3) is 0.682. The van der Waals surface area contributed by atoms with Crippen LogP contribution in [0.5, 0.6) is 0 Å². The lowest BCUT2D eigenvalue weighted by Gasteiger charge is -2.33. The predicted octanol–water partition coefficient (Wildman–Crippen LogP) is 6.25. The number of carbonyl (C=O) groups excluding carboxylic acids is 1. The van der Waals surface area contributed by atoms with Crippen LogP contribution in [0, 0.1) is 6.92 Å². The molecule has 0 heterocycles. The highest BCUT2D eigenvalue weighted by atomic mass is 32.3. The van der Waals surface area contributed by atoms with E-state index in [9.17, 15) is 13.2 Å². The van der Waals surface area contributed by atoms with Gasteiger partial charge in [-0.25, -0.2) is 0 Å². The lowest BCUT2D eigenvalue weighted by atomic mass is 10.2. The maximum atomic E-state index is 13.1. The Labute approximate surface area is 174 Å². The molecule has 0 aromatic heterocycles. The van der Waals surface area contributed by atoms with Crippen LogP contribution in [0.15, 0.2) is 29.2 Å².